The van der Waals surface area contributed by atoms with E-state index >= 15 is 0 Å². The second-order valence-electron chi connectivity index (χ2n) is 0. The zero-order valence-corrected chi connectivity index (χ0v) is 49.9. The van der Waals surface area contributed by atoms with Crippen LogP contribution in [-0.4, -0.2) is 0 Å². The molecule has 0 spiro atoms. The zero-order chi connectivity index (χ0) is 0. The van der Waals surface area contributed by atoms with E-state index in [2.05, 4.69) is 0 Å². The summed E-state index contributed by atoms with van der Waals surface area (Å²) >= 11 is 0. The van der Waals surface area contributed by atoms with Gasteiger partial charge in [-0.2, -0.15) is 9.90 Å². The third-order valence-electron chi connectivity index (χ3n) is 0. The number of hydrogen-bond donors (Lipinski definition) is 0. The first-order valence-corrected chi connectivity index (χ1v) is 0. The van der Waals surface area contributed by atoms with Crippen LogP contribution in [0.4, 0.5) is 0 Å². The predicted octanol–water partition coefficient (Wildman–Crippen LogP) is 0.0231. The van der Waals surface area contributed by atoms with Crippen molar-refractivity contribution in [3.05, 3.63) is 0 Å². The largest absolute Gasteiger partial charge is 0.153 e. The van der Waals surface area contributed by atoms with Crippen LogP contribution in [0.25, 0.3) is 0 Å². The molecule has 0 aliphatic carbocycles. The Balaban J connectivity index is 0. The first-order valence-electron chi connectivity index (χ1n) is 0. The molecule has 0 saturated carbocycles. The van der Waals surface area contributed by atoms with E-state index in [0.717, 1.165) is 0 Å². The molecule has 0 saturated heterocycles. The fourth-order valence-corrected chi connectivity index (χ4v) is 0. The van der Waals surface area contributed by atoms with Crippen LogP contribution in [0.5, 0.6) is 0 Å². The maximum Gasteiger partial charge on any atom is 0 e. The van der Waals surface area contributed by atoms with E-state index in [4.69, 9.17) is 0 Å². The summed E-state index contributed by atoms with van der Waals surface area (Å²) in [6, 6.07) is 0. The fraction of sp³-hybridized carbons (Fsp3) is 0. The van der Waals surface area contributed by atoms with Crippen LogP contribution in [0, 0.1) is 0 Å². The fourth-order valence-electron chi connectivity index (χ4n) is 0. The van der Waals surface area contributed by atoms with Crippen molar-refractivity contribution in [3.8, 4) is 0 Å². The summed E-state index contributed by atoms with van der Waals surface area (Å²) < 4.78 is 0. The molecule has 0 aliphatic rings. The molecule has 0 heterocycles. The van der Waals surface area contributed by atoms with Crippen molar-refractivity contribution in [1.82, 2.24) is 0 Å². The molecule has 0 N–H and O–H groups in total. The van der Waals surface area contributed by atoms with Gasteiger partial charge in [0.05, 0.1) is 0 Å². The van der Waals surface area contributed by atoms with Crippen molar-refractivity contribution < 1.29 is 458 Å². The molecule has 0 aromatic rings. The Morgan fingerprint density at radius 1 is 0.133 bits per heavy atom. The van der Waals surface area contributed by atoms with Crippen LogP contribution >= 0.6 is 9.90 Å². The van der Waals surface area contributed by atoms with Crippen LogP contribution in [0.3, 0.4) is 0 Å². The summed E-state index contributed by atoms with van der Waals surface area (Å²) in [5, 5.41) is 0. The molecule has 0 aromatic carbocycles. The minimum Gasteiger partial charge on any atom is -0.153 e. The van der Waals surface area contributed by atoms with Gasteiger partial charge < -0.3 is 0 Å². The normalized spacial score (nSPS) is 0. The molecule has 1 atom stereocenters. The van der Waals surface area contributed by atoms with Crippen molar-refractivity contribution in [2.24, 2.45) is 0 Å². The summed E-state index contributed by atoms with van der Waals surface area (Å²) in [5.41, 5.74) is 0. The van der Waals surface area contributed by atoms with Crippen LogP contribution in [0.15, 0.2) is 0 Å². The minimum atomic E-state index is 0. The summed E-state index contributed by atoms with van der Waals surface area (Å²) in [4.78, 5) is 0. The van der Waals surface area contributed by atoms with Crippen molar-refractivity contribution in [2.75, 3.05) is 0 Å². The first kappa shape index (κ1) is 109. The van der Waals surface area contributed by atoms with E-state index in [1.807, 2.05) is 0 Å². The van der Waals surface area contributed by atoms with Gasteiger partial charge in [-0.25, -0.2) is 0 Å². The molecule has 14 radical (unpaired) electrons. The molecule has 50 valence electrons. The van der Waals surface area contributed by atoms with Crippen molar-refractivity contribution in [2.45, 2.75) is 0 Å². The first-order chi connectivity index (χ1) is 0. The van der Waals surface area contributed by atoms with Crippen LogP contribution in [0.2, 0.25) is 0 Å². The Morgan fingerprint density at radius 3 is 0.133 bits per heavy atom. The van der Waals surface area contributed by atoms with E-state index in [-0.39, 0.29) is 468 Å². The van der Waals surface area contributed by atoms with Crippen LogP contribution in [0.1, 0.15) is 0 Å². The van der Waals surface area contributed by atoms with Crippen molar-refractivity contribution in [1.29, 1.82) is 0 Å². The van der Waals surface area contributed by atoms with Gasteiger partial charge in [0.1, 0.15) is 0 Å². The van der Waals surface area contributed by atoms with Gasteiger partial charge in [0.15, 0.2) is 0 Å². The Bertz CT molecular complexity index is 5.30. The number of rotatable bonds is 0. The second kappa shape index (κ2) is 98.8. The molecule has 0 aliphatic heterocycles. The third-order valence-corrected chi connectivity index (χ3v) is 0. The number of hydrogen-bond acceptors (Lipinski definition) is 0. The quantitative estimate of drug-likeness (QED) is 0.301. The van der Waals surface area contributed by atoms with E-state index in [9.17, 15) is 0 Å². The summed E-state index contributed by atoms with van der Waals surface area (Å²) in [7, 11) is 0. The standard InChI is InChI=1S/H3P.14Y/h1H3;;;;;;;;;;;;;;. The molecule has 0 bridgehead atoms. The van der Waals surface area contributed by atoms with Gasteiger partial charge in [-0.05, 0) is 0 Å². The molecule has 15 heavy (non-hydrogen) atoms. The summed E-state index contributed by atoms with van der Waals surface area (Å²) in [5.74, 6) is 0. The van der Waals surface area contributed by atoms with E-state index in [1.165, 1.54) is 0 Å². The Morgan fingerprint density at radius 2 is 0.133 bits per heavy atom. The molecular weight excluding hydrogens is 1280 g/mol. The monoisotopic (exact) mass is 1280 g/mol. The van der Waals surface area contributed by atoms with Gasteiger partial charge in [-0.3, -0.25) is 0 Å². The smallest absolute Gasteiger partial charge is 0 e. The maximum absolute atomic E-state index is 0. The minimum absolute atomic E-state index is 0. The van der Waals surface area contributed by atoms with Gasteiger partial charge in [-0.15, -0.1) is 0 Å². The second-order valence-corrected chi connectivity index (χ2v) is 0. The summed E-state index contributed by atoms with van der Waals surface area (Å²) in [6.07, 6.45) is 0. The molecule has 0 rings (SSSR count). The van der Waals surface area contributed by atoms with E-state index < -0.39 is 0 Å². The van der Waals surface area contributed by atoms with Gasteiger partial charge in [0, 0.05) is 458 Å². The van der Waals surface area contributed by atoms with Crippen molar-refractivity contribution >= 4 is 9.90 Å². The van der Waals surface area contributed by atoms with Gasteiger partial charge >= 0.3 is 0 Å². The average Bonchev–Trinajstić information content (AvgIpc) is 0. The Labute approximate surface area is 450 Å². The van der Waals surface area contributed by atoms with Crippen LogP contribution in [-0.2, 0) is 458 Å². The van der Waals surface area contributed by atoms with Crippen molar-refractivity contribution in [3.63, 3.8) is 0 Å². The molecular formula is H3PY14. The SMILES string of the molecule is P.[Y].[Y].[Y].[Y].[Y].[Y].[Y].[Y].[Y].[Y].[Y].[Y].[Y].[Y]. The maximum atomic E-state index is 0. The van der Waals surface area contributed by atoms with E-state index in [0.29, 0.717) is 0 Å². The molecule has 0 nitrogen and oxygen atoms in total. The Hall–Kier alpha value is 15.9. The molecule has 15 heteroatoms. The van der Waals surface area contributed by atoms with Gasteiger partial charge in [0.25, 0.3) is 0 Å². The summed E-state index contributed by atoms with van der Waals surface area (Å²) in [6.45, 7) is 0. The average molecular weight is 1280 g/mol. The topological polar surface area (TPSA) is 0 Å². The predicted molar refractivity (Wildman–Crippen MR) is 11.1 cm³/mol. The molecule has 1 unspecified atom stereocenters. The molecule has 0 fully saturated rings. The zero-order valence-electron chi connectivity index (χ0n) is 8.79. The Kier molecular flexibility index (Phi) is 720. The van der Waals surface area contributed by atoms with Crippen LogP contribution < -0.4 is 0 Å². The van der Waals surface area contributed by atoms with Gasteiger partial charge in [0.2, 0.25) is 0 Å². The molecule has 0 amide bonds. The molecule has 0 aromatic heterocycles. The van der Waals surface area contributed by atoms with E-state index in [1.54, 1.807) is 0 Å². The van der Waals surface area contributed by atoms with Gasteiger partial charge in [-0.1, -0.05) is 0 Å². The third kappa shape index (κ3) is 92.1.